The Balaban J connectivity index is 1.64. The molecule has 1 aromatic heterocycles. The fourth-order valence-electron chi connectivity index (χ4n) is 2.37. The lowest BCUT2D eigenvalue weighted by Gasteiger charge is -2.12. The molecule has 2 aromatic rings. The number of hydrogen-bond acceptors (Lipinski definition) is 4. The Bertz CT molecular complexity index is 703. The lowest BCUT2D eigenvalue weighted by molar-refractivity contribution is -0.126. The van der Waals surface area contributed by atoms with Crippen LogP contribution in [0.2, 0.25) is 0 Å². The molecule has 6 nitrogen and oxygen atoms in total. The first-order valence-electron chi connectivity index (χ1n) is 7.43. The summed E-state index contributed by atoms with van der Waals surface area (Å²) in [5.74, 6) is 0.610. The highest BCUT2D eigenvalue weighted by molar-refractivity contribution is 5.89. The summed E-state index contributed by atoms with van der Waals surface area (Å²) in [4.78, 5) is 27.5. The van der Waals surface area contributed by atoms with E-state index in [0.29, 0.717) is 24.7 Å². The normalized spacial score (nSPS) is 16.7. The number of ether oxygens (including phenoxy) is 1. The molecule has 1 atom stereocenters. The molecule has 2 N–H and O–H groups in total. The molecule has 0 aliphatic carbocycles. The number of nitrogens with zero attached hydrogens (tertiary/aromatic N) is 1. The highest BCUT2D eigenvalue weighted by Gasteiger charge is 2.27. The second kappa shape index (κ2) is 6.91. The number of aromatic nitrogens is 1. The van der Waals surface area contributed by atoms with Crippen molar-refractivity contribution in [1.82, 2.24) is 15.6 Å². The quantitative estimate of drug-likeness (QED) is 0.879. The Kier molecular flexibility index (Phi) is 4.52. The molecule has 1 saturated heterocycles. The van der Waals surface area contributed by atoms with Crippen molar-refractivity contribution in [3.8, 4) is 11.6 Å². The summed E-state index contributed by atoms with van der Waals surface area (Å²) in [6.45, 7) is 0.699. The molecule has 3 rings (SSSR count). The van der Waals surface area contributed by atoms with E-state index < -0.39 is 0 Å². The zero-order valence-corrected chi connectivity index (χ0v) is 12.5. The molecule has 0 radical (unpaired) electrons. The number of rotatable bonds is 5. The van der Waals surface area contributed by atoms with E-state index in [4.69, 9.17) is 4.74 Å². The Morgan fingerprint density at radius 2 is 2.09 bits per heavy atom. The van der Waals surface area contributed by atoms with Crippen LogP contribution in [0.15, 0.2) is 48.7 Å². The van der Waals surface area contributed by atoms with Gasteiger partial charge in [-0.3, -0.25) is 9.59 Å². The maximum Gasteiger partial charge on any atom is 0.225 e. The van der Waals surface area contributed by atoms with Crippen LogP contribution in [0.5, 0.6) is 11.6 Å². The number of para-hydroxylation sites is 1. The third-order valence-electron chi connectivity index (χ3n) is 3.61. The summed E-state index contributed by atoms with van der Waals surface area (Å²) >= 11 is 0. The van der Waals surface area contributed by atoms with Crippen molar-refractivity contribution in [3.63, 3.8) is 0 Å². The number of carbonyl (C=O) groups is 2. The fraction of sp³-hybridized carbons (Fsp3) is 0.235. The van der Waals surface area contributed by atoms with E-state index in [1.165, 1.54) is 0 Å². The van der Waals surface area contributed by atoms with Gasteiger partial charge in [0.25, 0.3) is 0 Å². The molecule has 1 aromatic carbocycles. The number of nitrogens with one attached hydrogen (secondary N) is 2. The molecule has 0 spiro atoms. The first-order chi connectivity index (χ1) is 11.2. The van der Waals surface area contributed by atoms with Gasteiger partial charge in [0.05, 0.1) is 5.92 Å². The smallest absolute Gasteiger partial charge is 0.225 e. The molecule has 1 aliphatic heterocycles. The summed E-state index contributed by atoms with van der Waals surface area (Å²) in [5, 5.41) is 5.49. The average molecular weight is 311 g/mol. The van der Waals surface area contributed by atoms with E-state index in [-0.39, 0.29) is 24.2 Å². The van der Waals surface area contributed by atoms with E-state index in [1.54, 1.807) is 12.3 Å². The Morgan fingerprint density at radius 3 is 2.83 bits per heavy atom. The van der Waals surface area contributed by atoms with Crippen LogP contribution in [-0.4, -0.2) is 23.3 Å². The van der Waals surface area contributed by atoms with Crippen molar-refractivity contribution < 1.29 is 14.3 Å². The Labute approximate surface area is 133 Å². The highest BCUT2D eigenvalue weighted by atomic mass is 16.5. The highest BCUT2D eigenvalue weighted by Crippen LogP contribution is 2.22. The second-order valence-electron chi connectivity index (χ2n) is 5.31. The maximum atomic E-state index is 12.1. The van der Waals surface area contributed by atoms with Crippen molar-refractivity contribution in [3.05, 3.63) is 54.2 Å². The largest absolute Gasteiger partial charge is 0.439 e. The van der Waals surface area contributed by atoms with Crippen LogP contribution in [0.4, 0.5) is 0 Å². The van der Waals surface area contributed by atoms with Gasteiger partial charge in [-0.05, 0) is 18.2 Å². The van der Waals surface area contributed by atoms with Gasteiger partial charge >= 0.3 is 0 Å². The Hall–Kier alpha value is -2.89. The van der Waals surface area contributed by atoms with Crippen molar-refractivity contribution >= 4 is 11.8 Å². The molecular weight excluding hydrogens is 294 g/mol. The number of amides is 2. The van der Waals surface area contributed by atoms with Gasteiger partial charge in [-0.15, -0.1) is 0 Å². The minimum absolute atomic E-state index is 0.0837. The summed E-state index contributed by atoms with van der Waals surface area (Å²) in [7, 11) is 0. The van der Waals surface area contributed by atoms with E-state index in [0.717, 1.165) is 5.56 Å². The number of carbonyl (C=O) groups excluding carboxylic acids is 2. The van der Waals surface area contributed by atoms with Crippen LogP contribution in [-0.2, 0) is 16.1 Å². The standard InChI is InChI=1S/C17H17N3O3/c21-15-9-13(11-19-15)16(22)20-10-12-5-4-8-18-17(12)23-14-6-2-1-3-7-14/h1-8,13H,9-11H2,(H,19,21)(H,20,22). The first kappa shape index (κ1) is 15.0. The fourth-order valence-corrected chi connectivity index (χ4v) is 2.37. The van der Waals surface area contributed by atoms with Crippen LogP contribution in [0.1, 0.15) is 12.0 Å². The van der Waals surface area contributed by atoms with Gasteiger partial charge in [0.15, 0.2) is 0 Å². The predicted octanol–water partition coefficient (Wildman–Crippen LogP) is 1.63. The number of hydrogen-bond donors (Lipinski definition) is 2. The minimum Gasteiger partial charge on any atom is -0.439 e. The zero-order chi connectivity index (χ0) is 16.1. The molecule has 2 heterocycles. The van der Waals surface area contributed by atoms with Crippen LogP contribution in [0.3, 0.4) is 0 Å². The van der Waals surface area contributed by atoms with Crippen molar-refractivity contribution in [2.24, 2.45) is 5.92 Å². The van der Waals surface area contributed by atoms with Gasteiger partial charge in [-0.25, -0.2) is 4.98 Å². The van der Waals surface area contributed by atoms with Crippen molar-refractivity contribution in [1.29, 1.82) is 0 Å². The molecule has 6 heteroatoms. The van der Waals surface area contributed by atoms with Crippen molar-refractivity contribution in [2.45, 2.75) is 13.0 Å². The topological polar surface area (TPSA) is 80.3 Å². The third-order valence-corrected chi connectivity index (χ3v) is 3.61. The van der Waals surface area contributed by atoms with E-state index >= 15 is 0 Å². The van der Waals surface area contributed by atoms with E-state index in [1.807, 2.05) is 36.4 Å². The van der Waals surface area contributed by atoms with Crippen LogP contribution < -0.4 is 15.4 Å². The lowest BCUT2D eigenvalue weighted by atomic mass is 10.1. The number of benzene rings is 1. The van der Waals surface area contributed by atoms with Gasteiger partial charge in [0, 0.05) is 31.3 Å². The molecule has 0 bridgehead atoms. The molecule has 2 amide bonds. The molecule has 1 aliphatic rings. The van der Waals surface area contributed by atoms with Gasteiger partial charge in [-0.2, -0.15) is 0 Å². The lowest BCUT2D eigenvalue weighted by Crippen LogP contribution is -2.31. The number of pyridine rings is 1. The molecule has 1 fully saturated rings. The molecule has 118 valence electrons. The van der Waals surface area contributed by atoms with Gasteiger partial charge in [0.2, 0.25) is 17.7 Å². The van der Waals surface area contributed by atoms with Gasteiger partial charge in [0.1, 0.15) is 5.75 Å². The third kappa shape index (κ3) is 3.85. The molecule has 0 saturated carbocycles. The summed E-state index contributed by atoms with van der Waals surface area (Å²) in [6.07, 6.45) is 1.88. The van der Waals surface area contributed by atoms with Gasteiger partial charge in [-0.1, -0.05) is 24.3 Å². The molecular formula is C17H17N3O3. The summed E-state index contributed by atoms with van der Waals surface area (Å²) in [6, 6.07) is 13.0. The zero-order valence-electron chi connectivity index (χ0n) is 12.5. The minimum atomic E-state index is -0.308. The van der Waals surface area contributed by atoms with Crippen molar-refractivity contribution in [2.75, 3.05) is 6.54 Å². The monoisotopic (exact) mass is 311 g/mol. The van der Waals surface area contributed by atoms with Crippen LogP contribution >= 0.6 is 0 Å². The summed E-state index contributed by atoms with van der Waals surface area (Å²) in [5.41, 5.74) is 0.780. The molecule has 23 heavy (non-hydrogen) atoms. The van der Waals surface area contributed by atoms with Gasteiger partial charge < -0.3 is 15.4 Å². The summed E-state index contributed by atoms with van der Waals surface area (Å²) < 4.78 is 5.76. The maximum absolute atomic E-state index is 12.1. The molecule has 1 unspecified atom stereocenters. The SMILES string of the molecule is O=C1CC(C(=O)NCc2cccnc2Oc2ccccc2)CN1. The predicted molar refractivity (Wildman–Crippen MR) is 83.7 cm³/mol. The van der Waals surface area contributed by atoms with Crippen LogP contribution in [0.25, 0.3) is 0 Å². The second-order valence-corrected chi connectivity index (χ2v) is 5.31. The van der Waals surface area contributed by atoms with E-state index in [2.05, 4.69) is 15.6 Å². The Morgan fingerprint density at radius 1 is 1.26 bits per heavy atom. The average Bonchev–Trinajstić information content (AvgIpc) is 3.01. The van der Waals surface area contributed by atoms with E-state index in [9.17, 15) is 9.59 Å². The van der Waals surface area contributed by atoms with Crippen LogP contribution in [0, 0.1) is 5.92 Å². The first-order valence-corrected chi connectivity index (χ1v) is 7.43.